The summed E-state index contributed by atoms with van der Waals surface area (Å²) in [6.45, 7) is 2.12. The van der Waals surface area contributed by atoms with Crippen LogP contribution in [0.15, 0.2) is 26.9 Å². The van der Waals surface area contributed by atoms with Gasteiger partial charge in [0, 0.05) is 11.3 Å². The minimum atomic E-state index is -0.215. The molecule has 0 aliphatic carbocycles. The van der Waals surface area contributed by atoms with Crippen LogP contribution < -0.4 is 10.1 Å². The fourth-order valence-electron chi connectivity index (χ4n) is 1.97. The van der Waals surface area contributed by atoms with Gasteiger partial charge in [-0.2, -0.15) is 0 Å². The van der Waals surface area contributed by atoms with E-state index in [0.29, 0.717) is 17.0 Å². The van der Waals surface area contributed by atoms with Crippen molar-refractivity contribution in [3.05, 3.63) is 23.8 Å². The number of fused-ring (bicyclic) bond motifs is 1. The van der Waals surface area contributed by atoms with Gasteiger partial charge in [-0.15, -0.1) is 10.2 Å². The normalized spacial score (nSPS) is 13.1. The molecule has 0 radical (unpaired) electrons. The Morgan fingerprint density at radius 2 is 2.12 bits per heavy atom. The maximum atomic E-state index is 12.3. The lowest BCUT2D eigenvalue weighted by Gasteiger charge is -2.18. The molecule has 6 nitrogen and oxygen atoms in total. The smallest absolute Gasteiger partial charge is 0.262 e. The number of carbonyl (C=O) groups is 2. The van der Waals surface area contributed by atoms with Gasteiger partial charge in [-0.25, -0.2) is 0 Å². The second-order valence-corrected chi connectivity index (χ2v) is 8.48. The summed E-state index contributed by atoms with van der Waals surface area (Å²) in [5.41, 5.74) is 1.08. The SMILES string of the molecule is CCCSc1nnc(SCC(=O)c2ccc3c(c2)NC(=O)CO3)s1. The van der Waals surface area contributed by atoms with Crippen molar-refractivity contribution in [3.8, 4) is 5.75 Å². The number of ketones is 1. The van der Waals surface area contributed by atoms with Crippen molar-refractivity contribution in [2.45, 2.75) is 22.0 Å². The van der Waals surface area contributed by atoms with E-state index in [1.165, 1.54) is 23.1 Å². The second-order valence-electron chi connectivity index (χ2n) is 4.94. The van der Waals surface area contributed by atoms with E-state index in [4.69, 9.17) is 4.74 Å². The van der Waals surface area contributed by atoms with E-state index in [2.05, 4.69) is 22.4 Å². The van der Waals surface area contributed by atoms with Crippen LogP contribution in [0.25, 0.3) is 0 Å². The first-order valence-electron chi connectivity index (χ1n) is 7.34. The molecule has 9 heteroatoms. The van der Waals surface area contributed by atoms with Gasteiger partial charge >= 0.3 is 0 Å². The number of Topliss-reactive ketones (excluding diaryl/α,β-unsaturated/α-hetero) is 1. The minimum Gasteiger partial charge on any atom is -0.482 e. The van der Waals surface area contributed by atoms with Gasteiger partial charge in [0.2, 0.25) is 0 Å². The van der Waals surface area contributed by atoms with Crippen LogP contribution in [0.1, 0.15) is 23.7 Å². The summed E-state index contributed by atoms with van der Waals surface area (Å²) in [7, 11) is 0. The fourth-order valence-corrected chi connectivity index (χ4v) is 4.81. The number of amides is 1. The Balaban J connectivity index is 1.60. The molecule has 1 aromatic carbocycles. The number of hydrogen-bond acceptors (Lipinski definition) is 8. The monoisotopic (exact) mass is 381 g/mol. The number of hydrogen-bond donors (Lipinski definition) is 1. The number of thioether (sulfide) groups is 2. The Morgan fingerprint density at radius 1 is 1.33 bits per heavy atom. The molecule has 24 heavy (non-hydrogen) atoms. The lowest BCUT2D eigenvalue weighted by Crippen LogP contribution is -2.25. The highest BCUT2D eigenvalue weighted by Crippen LogP contribution is 2.31. The zero-order valence-corrected chi connectivity index (χ0v) is 15.4. The van der Waals surface area contributed by atoms with Gasteiger partial charge in [-0.3, -0.25) is 9.59 Å². The average molecular weight is 382 g/mol. The molecule has 1 amide bonds. The highest BCUT2D eigenvalue weighted by atomic mass is 32.2. The maximum absolute atomic E-state index is 12.3. The quantitative estimate of drug-likeness (QED) is 0.582. The first kappa shape index (κ1) is 17.2. The molecule has 0 fully saturated rings. The molecule has 0 bridgehead atoms. The van der Waals surface area contributed by atoms with E-state index in [9.17, 15) is 9.59 Å². The second kappa shape index (κ2) is 8.00. The van der Waals surface area contributed by atoms with E-state index < -0.39 is 0 Å². The van der Waals surface area contributed by atoms with Crippen molar-refractivity contribution in [3.63, 3.8) is 0 Å². The van der Waals surface area contributed by atoms with Crippen LogP contribution in [0.5, 0.6) is 5.75 Å². The number of aromatic nitrogens is 2. The molecule has 0 atom stereocenters. The Morgan fingerprint density at radius 3 is 2.92 bits per heavy atom. The molecule has 0 saturated heterocycles. The molecular formula is C15H15N3O3S3. The standard InChI is InChI=1S/C15H15N3O3S3/c1-2-5-22-14-17-18-15(24-14)23-8-11(19)9-3-4-12-10(6-9)16-13(20)7-21-12/h3-4,6H,2,5,7-8H2,1H3,(H,16,20). The highest BCUT2D eigenvalue weighted by molar-refractivity contribution is 8.03. The predicted molar refractivity (Wildman–Crippen MR) is 96.5 cm³/mol. The Hall–Kier alpha value is -1.58. The largest absolute Gasteiger partial charge is 0.482 e. The van der Waals surface area contributed by atoms with Gasteiger partial charge in [0.05, 0.1) is 11.4 Å². The topological polar surface area (TPSA) is 81.2 Å². The third kappa shape index (κ3) is 4.28. The summed E-state index contributed by atoms with van der Waals surface area (Å²) in [6, 6.07) is 5.07. The van der Waals surface area contributed by atoms with Crippen LogP contribution in [0.3, 0.4) is 0 Å². The molecular weight excluding hydrogens is 366 g/mol. The van der Waals surface area contributed by atoms with Crippen molar-refractivity contribution in [1.82, 2.24) is 10.2 Å². The molecule has 0 saturated carbocycles. The molecule has 1 aliphatic heterocycles. The third-order valence-electron chi connectivity index (χ3n) is 3.08. The number of ether oxygens (including phenoxy) is 1. The van der Waals surface area contributed by atoms with Crippen molar-refractivity contribution < 1.29 is 14.3 Å². The summed E-state index contributed by atoms with van der Waals surface area (Å²) in [5, 5.41) is 10.9. The van der Waals surface area contributed by atoms with Gasteiger partial charge < -0.3 is 10.1 Å². The van der Waals surface area contributed by atoms with E-state index in [1.807, 2.05) is 0 Å². The Kier molecular flexibility index (Phi) is 5.75. The summed E-state index contributed by atoms with van der Waals surface area (Å²) in [4.78, 5) is 23.7. The molecule has 126 valence electrons. The summed E-state index contributed by atoms with van der Waals surface area (Å²) >= 11 is 4.57. The molecule has 1 aromatic heterocycles. The third-order valence-corrected chi connectivity index (χ3v) is 6.47. The van der Waals surface area contributed by atoms with Crippen LogP contribution in [-0.2, 0) is 4.79 Å². The van der Waals surface area contributed by atoms with Gasteiger partial charge in [-0.1, -0.05) is 41.8 Å². The van der Waals surface area contributed by atoms with Crippen molar-refractivity contribution in [2.75, 3.05) is 23.4 Å². The van der Waals surface area contributed by atoms with E-state index in [1.54, 1.807) is 30.0 Å². The van der Waals surface area contributed by atoms with Crippen LogP contribution in [-0.4, -0.2) is 40.0 Å². The lowest BCUT2D eigenvalue weighted by molar-refractivity contribution is -0.118. The minimum absolute atomic E-state index is 0.00552. The number of benzene rings is 1. The van der Waals surface area contributed by atoms with Crippen molar-refractivity contribution >= 4 is 52.2 Å². The Bertz CT molecular complexity index is 763. The average Bonchev–Trinajstić information content (AvgIpc) is 3.05. The number of rotatable bonds is 7. The van der Waals surface area contributed by atoms with Gasteiger partial charge in [0.25, 0.3) is 5.91 Å². The number of carbonyl (C=O) groups excluding carboxylic acids is 2. The van der Waals surface area contributed by atoms with E-state index in [-0.39, 0.29) is 24.1 Å². The predicted octanol–water partition coefficient (Wildman–Crippen LogP) is 3.35. The zero-order valence-electron chi connectivity index (χ0n) is 12.9. The van der Waals surface area contributed by atoms with Crippen LogP contribution in [0.2, 0.25) is 0 Å². The molecule has 2 heterocycles. The maximum Gasteiger partial charge on any atom is 0.262 e. The van der Waals surface area contributed by atoms with E-state index >= 15 is 0 Å². The summed E-state index contributed by atoms with van der Waals surface area (Å²) in [5.74, 6) is 1.63. The van der Waals surface area contributed by atoms with Crippen LogP contribution in [0.4, 0.5) is 5.69 Å². The summed E-state index contributed by atoms with van der Waals surface area (Å²) < 4.78 is 7.01. The van der Waals surface area contributed by atoms with Gasteiger partial charge in [0.15, 0.2) is 21.1 Å². The van der Waals surface area contributed by atoms with Crippen LogP contribution >= 0.6 is 34.9 Å². The van der Waals surface area contributed by atoms with Crippen molar-refractivity contribution in [1.29, 1.82) is 0 Å². The molecule has 0 spiro atoms. The Labute approximate surface area is 151 Å². The number of anilines is 1. The first-order chi connectivity index (χ1) is 11.7. The number of nitrogens with one attached hydrogen (secondary N) is 1. The molecule has 1 aliphatic rings. The molecule has 2 aromatic rings. The molecule has 3 rings (SSSR count). The number of nitrogens with zero attached hydrogens (tertiary/aromatic N) is 2. The van der Waals surface area contributed by atoms with Gasteiger partial charge in [0.1, 0.15) is 5.75 Å². The first-order valence-corrected chi connectivity index (χ1v) is 10.1. The van der Waals surface area contributed by atoms with Gasteiger partial charge in [-0.05, 0) is 24.6 Å². The highest BCUT2D eigenvalue weighted by Gasteiger charge is 2.18. The van der Waals surface area contributed by atoms with Crippen LogP contribution in [0, 0.1) is 0 Å². The summed E-state index contributed by atoms with van der Waals surface area (Å²) in [6.07, 6.45) is 1.09. The molecule has 0 unspecified atom stereocenters. The van der Waals surface area contributed by atoms with Crippen molar-refractivity contribution in [2.24, 2.45) is 0 Å². The zero-order chi connectivity index (χ0) is 16.9. The molecule has 1 N–H and O–H groups in total. The van der Waals surface area contributed by atoms with E-state index in [0.717, 1.165) is 20.9 Å². The fraction of sp³-hybridized carbons (Fsp3) is 0.333. The lowest BCUT2D eigenvalue weighted by atomic mass is 10.1.